The molecule has 0 saturated carbocycles. The van der Waals surface area contributed by atoms with E-state index >= 15 is 0 Å². The Bertz CT molecular complexity index is 562. The van der Waals surface area contributed by atoms with E-state index in [1.165, 1.54) is 0 Å². The van der Waals surface area contributed by atoms with Crippen LogP contribution in [0.4, 0.5) is 0 Å². The third-order valence-corrected chi connectivity index (χ3v) is 5.24. The summed E-state index contributed by atoms with van der Waals surface area (Å²) in [6.07, 6.45) is 0.658. The van der Waals surface area contributed by atoms with Gasteiger partial charge >= 0.3 is 0 Å². The van der Waals surface area contributed by atoms with Gasteiger partial charge in [0.25, 0.3) is 0 Å². The van der Waals surface area contributed by atoms with Gasteiger partial charge in [-0.3, -0.25) is 0 Å². The fraction of sp³-hybridized carbons (Fsp3) is 0.538. The molecule has 2 rings (SSSR count). The van der Waals surface area contributed by atoms with Gasteiger partial charge in [0, 0.05) is 6.61 Å². The number of nitrogens with one attached hydrogen (secondary N) is 1. The third-order valence-electron chi connectivity index (χ3n) is 3.46. The molecule has 1 heterocycles. The van der Waals surface area contributed by atoms with Crippen molar-refractivity contribution in [1.82, 2.24) is 4.72 Å². The highest BCUT2D eigenvalue weighted by Gasteiger charge is 2.35. The minimum Gasteiger partial charge on any atom is -0.392 e. The van der Waals surface area contributed by atoms with E-state index in [1.54, 1.807) is 25.1 Å². The summed E-state index contributed by atoms with van der Waals surface area (Å²) in [5, 5.41) is 9.21. The van der Waals surface area contributed by atoms with Crippen molar-refractivity contribution in [3.8, 4) is 0 Å². The van der Waals surface area contributed by atoms with Crippen molar-refractivity contribution in [1.29, 1.82) is 0 Å². The van der Waals surface area contributed by atoms with Crippen LogP contribution in [0.2, 0.25) is 0 Å². The first-order chi connectivity index (χ1) is 8.88. The predicted octanol–water partition coefficient (Wildman–Crippen LogP) is 0.945. The summed E-state index contributed by atoms with van der Waals surface area (Å²) < 4.78 is 32.8. The first-order valence-corrected chi connectivity index (χ1v) is 7.67. The van der Waals surface area contributed by atoms with Crippen molar-refractivity contribution in [2.45, 2.75) is 37.3 Å². The van der Waals surface area contributed by atoms with Crippen LogP contribution in [0.15, 0.2) is 23.1 Å². The highest BCUT2D eigenvalue weighted by atomic mass is 32.2. The molecule has 1 saturated heterocycles. The third kappa shape index (κ3) is 2.97. The average molecular weight is 285 g/mol. The fourth-order valence-corrected chi connectivity index (χ4v) is 3.96. The quantitative estimate of drug-likeness (QED) is 0.863. The second-order valence-electron chi connectivity index (χ2n) is 5.17. The van der Waals surface area contributed by atoms with Gasteiger partial charge < -0.3 is 9.84 Å². The van der Waals surface area contributed by atoms with Crippen LogP contribution in [-0.2, 0) is 21.4 Å². The van der Waals surface area contributed by atoms with E-state index in [-0.39, 0.29) is 11.5 Å². The van der Waals surface area contributed by atoms with Gasteiger partial charge in [0.05, 0.1) is 23.6 Å². The lowest BCUT2D eigenvalue weighted by atomic mass is 10.0. The molecule has 2 N–H and O–H groups in total. The molecule has 0 radical (unpaired) electrons. The molecule has 19 heavy (non-hydrogen) atoms. The number of hydrogen-bond acceptors (Lipinski definition) is 4. The molecule has 0 aromatic heterocycles. The van der Waals surface area contributed by atoms with E-state index in [4.69, 9.17) is 4.74 Å². The Hall–Kier alpha value is -0.950. The van der Waals surface area contributed by atoms with E-state index in [0.29, 0.717) is 30.8 Å². The number of benzene rings is 1. The molecule has 0 spiro atoms. The molecular weight excluding hydrogens is 266 g/mol. The summed E-state index contributed by atoms with van der Waals surface area (Å²) >= 11 is 0. The molecule has 0 aliphatic carbocycles. The highest BCUT2D eigenvalue weighted by molar-refractivity contribution is 7.89. The SMILES string of the molecule is Cc1c(CO)cccc1S(=O)(=O)NC1(C)CCOC1. The number of aliphatic hydroxyl groups is 1. The molecule has 0 bridgehead atoms. The first kappa shape index (κ1) is 14.5. The minimum absolute atomic E-state index is 0.171. The van der Waals surface area contributed by atoms with Crippen molar-refractivity contribution in [2.75, 3.05) is 13.2 Å². The van der Waals surface area contributed by atoms with Crippen LogP contribution in [0.25, 0.3) is 0 Å². The summed E-state index contributed by atoms with van der Waals surface area (Å²) in [6.45, 7) is 4.31. The molecule has 1 aromatic rings. The molecule has 5 nitrogen and oxygen atoms in total. The van der Waals surface area contributed by atoms with E-state index in [2.05, 4.69) is 4.72 Å². The Labute approximate surface area is 113 Å². The molecule has 1 aromatic carbocycles. The molecule has 6 heteroatoms. The number of rotatable bonds is 4. The molecule has 1 fully saturated rings. The number of ether oxygens (including phenoxy) is 1. The fourth-order valence-electron chi connectivity index (χ4n) is 2.25. The molecule has 0 amide bonds. The van der Waals surface area contributed by atoms with Gasteiger partial charge in [-0.1, -0.05) is 12.1 Å². The summed E-state index contributed by atoms with van der Waals surface area (Å²) in [4.78, 5) is 0.215. The van der Waals surface area contributed by atoms with E-state index in [9.17, 15) is 13.5 Å². The van der Waals surface area contributed by atoms with Crippen molar-refractivity contribution >= 4 is 10.0 Å². The molecule has 1 aliphatic rings. The number of aliphatic hydroxyl groups excluding tert-OH is 1. The monoisotopic (exact) mass is 285 g/mol. The minimum atomic E-state index is -3.61. The van der Waals surface area contributed by atoms with Gasteiger partial charge in [-0.05, 0) is 37.5 Å². The van der Waals surface area contributed by atoms with Crippen molar-refractivity contribution in [3.63, 3.8) is 0 Å². The van der Waals surface area contributed by atoms with Gasteiger partial charge in [0.1, 0.15) is 0 Å². The zero-order valence-electron chi connectivity index (χ0n) is 11.1. The maximum absolute atomic E-state index is 12.4. The molecule has 1 aliphatic heterocycles. The standard InChI is InChI=1S/C13H19NO4S/c1-10-11(8-15)4-3-5-12(10)19(16,17)14-13(2)6-7-18-9-13/h3-5,14-15H,6-9H2,1-2H3. The summed E-state index contributed by atoms with van der Waals surface area (Å²) in [5.41, 5.74) is 0.649. The first-order valence-electron chi connectivity index (χ1n) is 6.19. The predicted molar refractivity (Wildman–Crippen MR) is 71.3 cm³/mol. The largest absolute Gasteiger partial charge is 0.392 e. The number of sulfonamides is 1. The maximum Gasteiger partial charge on any atom is 0.241 e. The van der Waals surface area contributed by atoms with E-state index in [0.717, 1.165) is 0 Å². The second-order valence-corrected chi connectivity index (χ2v) is 6.82. The van der Waals surface area contributed by atoms with Gasteiger partial charge in [0.2, 0.25) is 10.0 Å². The van der Waals surface area contributed by atoms with Crippen LogP contribution in [-0.4, -0.2) is 32.3 Å². The van der Waals surface area contributed by atoms with Gasteiger partial charge in [0.15, 0.2) is 0 Å². The normalized spacial score (nSPS) is 23.7. The Morgan fingerprint density at radius 2 is 2.21 bits per heavy atom. The Morgan fingerprint density at radius 3 is 2.79 bits per heavy atom. The Kier molecular flexibility index (Phi) is 3.96. The van der Waals surface area contributed by atoms with E-state index in [1.807, 2.05) is 6.92 Å². The van der Waals surface area contributed by atoms with Crippen LogP contribution in [0, 0.1) is 6.92 Å². The van der Waals surface area contributed by atoms with Crippen LogP contribution in [0.5, 0.6) is 0 Å². The van der Waals surface area contributed by atoms with Gasteiger partial charge in [-0.25, -0.2) is 13.1 Å². The molecular formula is C13H19NO4S. The molecule has 1 unspecified atom stereocenters. The van der Waals surface area contributed by atoms with Gasteiger partial charge in [-0.2, -0.15) is 0 Å². The van der Waals surface area contributed by atoms with Crippen LogP contribution in [0.3, 0.4) is 0 Å². The smallest absolute Gasteiger partial charge is 0.241 e. The van der Waals surface area contributed by atoms with Crippen LogP contribution >= 0.6 is 0 Å². The Balaban J connectivity index is 2.34. The topological polar surface area (TPSA) is 75.6 Å². The van der Waals surface area contributed by atoms with Crippen LogP contribution < -0.4 is 4.72 Å². The summed E-state index contributed by atoms with van der Waals surface area (Å²) in [5.74, 6) is 0. The van der Waals surface area contributed by atoms with Crippen molar-refractivity contribution < 1.29 is 18.3 Å². The Morgan fingerprint density at radius 1 is 1.47 bits per heavy atom. The highest BCUT2D eigenvalue weighted by Crippen LogP contribution is 2.24. The molecule has 106 valence electrons. The van der Waals surface area contributed by atoms with Crippen LogP contribution in [0.1, 0.15) is 24.5 Å². The summed E-state index contributed by atoms with van der Waals surface area (Å²) in [6, 6.07) is 4.91. The summed E-state index contributed by atoms with van der Waals surface area (Å²) in [7, 11) is -3.61. The second kappa shape index (κ2) is 5.20. The zero-order valence-corrected chi connectivity index (χ0v) is 12.0. The van der Waals surface area contributed by atoms with Gasteiger partial charge in [-0.15, -0.1) is 0 Å². The maximum atomic E-state index is 12.4. The molecule has 1 atom stereocenters. The van der Waals surface area contributed by atoms with Crippen molar-refractivity contribution in [2.24, 2.45) is 0 Å². The lowest BCUT2D eigenvalue weighted by Crippen LogP contribution is -2.46. The zero-order chi connectivity index (χ0) is 14.1. The number of hydrogen-bond donors (Lipinski definition) is 2. The average Bonchev–Trinajstić information content (AvgIpc) is 2.74. The van der Waals surface area contributed by atoms with Crippen molar-refractivity contribution in [3.05, 3.63) is 29.3 Å². The lowest BCUT2D eigenvalue weighted by Gasteiger charge is -2.24. The van der Waals surface area contributed by atoms with E-state index < -0.39 is 15.6 Å². The lowest BCUT2D eigenvalue weighted by molar-refractivity contribution is 0.178.